The lowest BCUT2D eigenvalue weighted by Gasteiger charge is -2.32. The van der Waals surface area contributed by atoms with Gasteiger partial charge >= 0.3 is 0 Å². The third-order valence-electron chi connectivity index (χ3n) is 5.09. The van der Waals surface area contributed by atoms with Gasteiger partial charge < -0.3 is 4.74 Å². The summed E-state index contributed by atoms with van der Waals surface area (Å²) in [5, 5.41) is 7.87. The summed E-state index contributed by atoms with van der Waals surface area (Å²) < 4.78 is 5.83. The Balaban J connectivity index is 1.70. The Bertz CT molecular complexity index is 475. The van der Waals surface area contributed by atoms with E-state index >= 15 is 0 Å². The van der Waals surface area contributed by atoms with Crippen molar-refractivity contribution >= 4 is 0 Å². The van der Waals surface area contributed by atoms with Crippen LogP contribution >= 0.6 is 0 Å². The fourth-order valence-corrected chi connectivity index (χ4v) is 3.43. The van der Waals surface area contributed by atoms with Crippen LogP contribution in [0.15, 0.2) is 0 Å². The minimum Gasteiger partial charge on any atom is -0.380 e. The number of H-pyrrole nitrogens is 1. The van der Waals surface area contributed by atoms with E-state index in [0.717, 1.165) is 32.8 Å². The Labute approximate surface area is 128 Å². The van der Waals surface area contributed by atoms with E-state index < -0.39 is 0 Å². The standard InChI is InChI=1S/C17H29N3O/c1-17(2,3)13-10-20(8-9-21-12-13)11-16-14-6-4-5-7-15(14)18-19-16/h13H,4-12H2,1-3H3,(H,18,19). The van der Waals surface area contributed by atoms with E-state index in [1.54, 1.807) is 0 Å². The van der Waals surface area contributed by atoms with Crippen molar-refractivity contribution in [2.45, 2.75) is 53.0 Å². The highest BCUT2D eigenvalue weighted by Crippen LogP contribution is 2.29. The summed E-state index contributed by atoms with van der Waals surface area (Å²) in [4.78, 5) is 2.54. The van der Waals surface area contributed by atoms with Gasteiger partial charge in [-0.05, 0) is 42.6 Å². The molecule has 1 aromatic rings. The third-order valence-corrected chi connectivity index (χ3v) is 5.09. The number of nitrogens with zero attached hydrogens (tertiary/aromatic N) is 2. The van der Waals surface area contributed by atoms with Crippen LogP contribution in [0, 0.1) is 11.3 Å². The highest BCUT2D eigenvalue weighted by Gasteiger charge is 2.29. The minimum atomic E-state index is 0.299. The summed E-state index contributed by atoms with van der Waals surface area (Å²) in [7, 11) is 0. The van der Waals surface area contributed by atoms with E-state index in [-0.39, 0.29) is 0 Å². The summed E-state index contributed by atoms with van der Waals surface area (Å²) in [6.07, 6.45) is 5.00. The van der Waals surface area contributed by atoms with Crippen molar-refractivity contribution in [2.24, 2.45) is 11.3 Å². The molecule has 0 spiro atoms. The molecule has 1 aliphatic heterocycles. The van der Waals surface area contributed by atoms with Gasteiger partial charge in [0.15, 0.2) is 0 Å². The number of rotatable bonds is 2. The summed E-state index contributed by atoms with van der Waals surface area (Å²) in [6, 6.07) is 0. The summed E-state index contributed by atoms with van der Waals surface area (Å²) in [5.41, 5.74) is 4.46. The van der Waals surface area contributed by atoms with E-state index in [0.29, 0.717) is 11.3 Å². The van der Waals surface area contributed by atoms with Crippen molar-refractivity contribution in [1.82, 2.24) is 15.1 Å². The average Bonchev–Trinajstić information content (AvgIpc) is 2.68. The summed E-state index contributed by atoms with van der Waals surface area (Å²) >= 11 is 0. The normalized spacial score (nSPS) is 24.6. The summed E-state index contributed by atoms with van der Waals surface area (Å²) in [5.74, 6) is 0.592. The van der Waals surface area contributed by atoms with Crippen molar-refractivity contribution in [2.75, 3.05) is 26.3 Å². The number of aromatic nitrogens is 2. The van der Waals surface area contributed by atoms with E-state index in [4.69, 9.17) is 4.74 Å². The van der Waals surface area contributed by atoms with Crippen molar-refractivity contribution in [3.8, 4) is 0 Å². The van der Waals surface area contributed by atoms with Gasteiger partial charge in [0.1, 0.15) is 0 Å². The van der Waals surface area contributed by atoms with Crippen LogP contribution in [-0.4, -0.2) is 41.4 Å². The molecule has 1 unspecified atom stereocenters. The Morgan fingerprint density at radius 3 is 2.90 bits per heavy atom. The number of hydrogen-bond donors (Lipinski definition) is 1. The van der Waals surface area contributed by atoms with Crippen molar-refractivity contribution in [3.63, 3.8) is 0 Å². The SMILES string of the molecule is CC(C)(C)C1COCCN(Cc2n[nH]c3c2CCCC3)C1. The smallest absolute Gasteiger partial charge is 0.0797 e. The van der Waals surface area contributed by atoms with Crippen LogP contribution in [0.5, 0.6) is 0 Å². The lowest BCUT2D eigenvalue weighted by molar-refractivity contribution is 0.0783. The van der Waals surface area contributed by atoms with Gasteiger partial charge in [0.25, 0.3) is 0 Å². The van der Waals surface area contributed by atoms with E-state index in [9.17, 15) is 0 Å². The second-order valence-electron chi connectivity index (χ2n) is 7.71. The maximum atomic E-state index is 5.83. The van der Waals surface area contributed by atoms with Crippen LogP contribution in [0.1, 0.15) is 50.6 Å². The van der Waals surface area contributed by atoms with Crippen LogP contribution in [0.3, 0.4) is 0 Å². The molecular formula is C17H29N3O. The second kappa shape index (κ2) is 6.09. The molecule has 2 heterocycles. The molecule has 1 aliphatic carbocycles. The Kier molecular flexibility index (Phi) is 4.36. The molecule has 1 N–H and O–H groups in total. The van der Waals surface area contributed by atoms with Crippen LogP contribution in [0.4, 0.5) is 0 Å². The zero-order valence-corrected chi connectivity index (χ0v) is 13.7. The van der Waals surface area contributed by atoms with E-state index in [2.05, 4.69) is 35.9 Å². The number of nitrogens with one attached hydrogen (secondary N) is 1. The van der Waals surface area contributed by atoms with Gasteiger partial charge in [-0.2, -0.15) is 5.10 Å². The van der Waals surface area contributed by atoms with Gasteiger partial charge in [-0.15, -0.1) is 0 Å². The van der Waals surface area contributed by atoms with Gasteiger partial charge in [-0.1, -0.05) is 20.8 Å². The zero-order chi connectivity index (χ0) is 14.9. The van der Waals surface area contributed by atoms with E-state index in [1.165, 1.54) is 42.6 Å². The molecule has 1 atom stereocenters. The molecule has 0 radical (unpaired) electrons. The minimum absolute atomic E-state index is 0.299. The predicted molar refractivity (Wildman–Crippen MR) is 84.3 cm³/mol. The molecule has 0 bridgehead atoms. The molecule has 21 heavy (non-hydrogen) atoms. The van der Waals surface area contributed by atoms with Gasteiger partial charge in [0, 0.05) is 25.3 Å². The average molecular weight is 291 g/mol. The number of fused-ring (bicyclic) bond motifs is 1. The monoisotopic (exact) mass is 291 g/mol. The highest BCUT2D eigenvalue weighted by molar-refractivity contribution is 5.27. The first-order chi connectivity index (χ1) is 10.0. The number of aromatic amines is 1. The maximum Gasteiger partial charge on any atom is 0.0797 e. The topological polar surface area (TPSA) is 41.1 Å². The lowest BCUT2D eigenvalue weighted by Crippen LogP contribution is -2.35. The molecule has 0 saturated carbocycles. The Morgan fingerprint density at radius 1 is 1.29 bits per heavy atom. The molecule has 2 aliphatic rings. The first kappa shape index (κ1) is 15.0. The molecule has 1 saturated heterocycles. The van der Waals surface area contributed by atoms with Gasteiger partial charge in [-0.3, -0.25) is 10.00 Å². The van der Waals surface area contributed by atoms with Crippen molar-refractivity contribution in [3.05, 3.63) is 17.0 Å². The number of ether oxygens (including phenoxy) is 1. The van der Waals surface area contributed by atoms with Gasteiger partial charge in [-0.25, -0.2) is 0 Å². The fraction of sp³-hybridized carbons (Fsp3) is 0.824. The maximum absolute atomic E-state index is 5.83. The lowest BCUT2D eigenvalue weighted by atomic mass is 9.81. The first-order valence-corrected chi connectivity index (χ1v) is 8.39. The second-order valence-corrected chi connectivity index (χ2v) is 7.71. The Morgan fingerprint density at radius 2 is 2.10 bits per heavy atom. The molecule has 0 amide bonds. The molecule has 1 fully saturated rings. The first-order valence-electron chi connectivity index (χ1n) is 8.39. The largest absolute Gasteiger partial charge is 0.380 e. The fourth-order valence-electron chi connectivity index (χ4n) is 3.43. The molecule has 1 aromatic heterocycles. The zero-order valence-electron chi connectivity index (χ0n) is 13.7. The molecule has 0 aromatic carbocycles. The summed E-state index contributed by atoms with van der Waals surface area (Å²) in [6.45, 7) is 11.8. The predicted octanol–water partition coefficient (Wildman–Crippen LogP) is 2.78. The Hall–Kier alpha value is -0.870. The third kappa shape index (κ3) is 3.49. The van der Waals surface area contributed by atoms with Crippen LogP contribution in [-0.2, 0) is 24.1 Å². The quantitative estimate of drug-likeness (QED) is 0.911. The number of hydrogen-bond acceptors (Lipinski definition) is 3. The van der Waals surface area contributed by atoms with Crippen LogP contribution in [0.2, 0.25) is 0 Å². The van der Waals surface area contributed by atoms with E-state index in [1.807, 2.05) is 0 Å². The van der Waals surface area contributed by atoms with Crippen molar-refractivity contribution in [1.29, 1.82) is 0 Å². The molecule has 4 nitrogen and oxygen atoms in total. The molecular weight excluding hydrogens is 262 g/mol. The van der Waals surface area contributed by atoms with Crippen molar-refractivity contribution < 1.29 is 4.74 Å². The molecule has 4 heteroatoms. The molecule has 3 rings (SSSR count). The van der Waals surface area contributed by atoms with Crippen LogP contribution < -0.4 is 0 Å². The molecule has 118 valence electrons. The van der Waals surface area contributed by atoms with Gasteiger partial charge in [0.05, 0.1) is 18.9 Å². The highest BCUT2D eigenvalue weighted by atomic mass is 16.5. The van der Waals surface area contributed by atoms with Gasteiger partial charge in [0.2, 0.25) is 0 Å². The van der Waals surface area contributed by atoms with Crippen LogP contribution in [0.25, 0.3) is 0 Å². The number of aryl methyl sites for hydroxylation is 1.